The average Bonchev–Trinajstić information content (AvgIpc) is 2.46. The number of hydrogen-bond acceptors (Lipinski definition) is 5. The van der Waals surface area contributed by atoms with E-state index in [0.29, 0.717) is 0 Å². The van der Waals surface area contributed by atoms with E-state index in [1.807, 2.05) is 6.07 Å². The molecule has 108 valence electrons. The predicted octanol–water partition coefficient (Wildman–Crippen LogP) is 3.20. The smallest absolute Gasteiger partial charge is 0.437 e. The fraction of sp³-hybridized carbons (Fsp3) is 0.154. The number of ether oxygens (including phenoxy) is 1. The lowest BCUT2D eigenvalue weighted by atomic mass is 10.2. The highest BCUT2D eigenvalue weighted by molar-refractivity contribution is 5.46. The van der Waals surface area contributed by atoms with E-state index in [-0.39, 0.29) is 23.0 Å². The topological polar surface area (TPSA) is 70.8 Å². The summed E-state index contributed by atoms with van der Waals surface area (Å²) in [6.45, 7) is 0. The van der Waals surface area contributed by atoms with Crippen molar-refractivity contribution in [1.29, 1.82) is 5.26 Å². The highest BCUT2D eigenvalue weighted by Crippen LogP contribution is 2.31. The molecule has 2 aromatic rings. The van der Waals surface area contributed by atoms with Gasteiger partial charge in [0.2, 0.25) is 11.7 Å². The number of nitrogens with zero attached hydrogens (tertiary/aromatic N) is 3. The molecule has 5 nitrogen and oxygen atoms in total. The number of nitriles is 1. The Hall–Kier alpha value is -2.82. The van der Waals surface area contributed by atoms with Gasteiger partial charge in [0.15, 0.2) is 0 Å². The molecule has 0 bridgehead atoms. The normalized spacial score (nSPS) is 10.8. The van der Waals surface area contributed by atoms with E-state index in [9.17, 15) is 13.2 Å². The maximum atomic E-state index is 12.7. The van der Waals surface area contributed by atoms with Gasteiger partial charge in [-0.05, 0) is 12.1 Å². The zero-order valence-corrected chi connectivity index (χ0v) is 10.8. The van der Waals surface area contributed by atoms with Gasteiger partial charge in [-0.2, -0.15) is 23.4 Å². The third kappa shape index (κ3) is 3.39. The molecule has 0 spiro atoms. The largest absolute Gasteiger partial charge is 0.451 e. The molecule has 1 N–H and O–H groups in total. The number of rotatable bonds is 3. The van der Waals surface area contributed by atoms with Crippen LogP contribution >= 0.6 is 0 Å². The predicted molar refractivity (Wildman–Crippen MR) is 67.8 cm³/mol. The zero-order chi connectivity index (χ0) is 15.5. The second kappa shape index (κ2) is 5.66. The lowest BCUT2D eigenvalue weighted by Gasteiger charge is -2.11. The van der Waals surface area contributed by atoms with E-state index in [2.05, 4.69) is 15.3 Å². The number of nitrogens with one attached hydrogen (secondary N) is 1. The Labute approximate surface area is 118 Å². The molecular formula is C13H9F3N4O. The van der Waals surface area contributed by atoms with Gasteiger partial charge in [0.25, 0.3) is 0 Å². The monoisotopic (exact) mass is 294 g/mol. The first-order valence-corrected chi connectivity index (χ1v) is 5.75. The first-order valence-electron chi connectivity index (χ1n) is 5.75. The maximum absolute atomic E-state index is 12.7. The van der Waals surface area contributed by atoms with Crippen LogP contribution < -0.4 is 10.1 Å². The van der Waals surface area contributed by atoms with Crippen molar-refractivity contribution in [2.45, 2.75) is 6.18 Å². The van der Waals surface area contributed by atoms with Crippen molar-refractivity contribution in [3.63, 3.8) is 0 Å². The average molecular weight is 294 g/mol. The van der Waals surface area contributed by atoms with E-state index in [0.717, 1.165) is 0 Å². The number of para-hydroxylation sites is 1. The highest BCUT2D eigenvalue weighted by Gasteiger charge is 2.35. The quantitative estimate of drug-likeness (QED) is 0.941. The third-order valence-electron chi connectivity index (χ3n) is 2.43. The van der Waals surface area contributed by atoms with Crippen molar-refractivity contribution >= 4 is 5.82 Å². The number of halogens is 3. The Bertz CT molecular complexity index is 695. The summed E-state index contributed by atoms with van der Waals surface area (Å²) in [5.74, 6) is -1.54. The van der Waals surface area contributed by atoms with Crippen LogP contribution in [0.3, 0.4) is 0 Å². The van der Waals surface area contributed by atoms with Gasteiger partial charge >= 0.3 is 6.18 Å². The molecule has 0 saturated heterocycles. The third-order valence-corrected chi connectivity index (χ3v) is 2.43. The summed E-state index contributed by atoms with van der Waals surface area (Å²) < 4.78 is 43.4. The summed E-state index contributed by atoms with van der Waals surface area (Å²) in [7, 11) is 1.43. The van der Waals surface area contributed by atoms with Crippen LogP contribution in [0.5, 0.6) is 11.6 Å². The molecule has 0 unspecified atom stereocenters. The molecule has 8 heteroatoms. The molecule has 0 fully saturated rings. The molecule has 0 amide bonds. The van der Waals surface area contributed by atoms with Gasteiger partial charge in [-0.1, -0.05) is 12.1 Å². The standard InChI is InChI=1S/C13H9F3N4O/c1-18-10-6-11(20-12(19-10)13(14,15)16)21-9-5-3-2-4-8(9)7-17/h2-6H,1H3,(H,18,19,20). The molecule has 0 aliphatic carbocycles. The molecule has 0 saturated carbocycles. The van der Waals surface area contributed by atoms with Crippen LogP contribution in [-0.2, 0) is 6.18 Å². The minimum atomic E-state index is -4.69. The first kappa shape index (κ1) is 14.6. The van der Waals surface area contributed by atoms with E-state index in [1.54, 1.807) is 12.1 Å². The van der Waals surface area contributed by atoms with Gasteiger partial charge in [0, 0.05) is 13.1 Å². The van der Waals surface area contributed by atoms with Crippen LogP contribution in [0.25, 0.3) is 0 Å². The molecule has 1 aromatic heterocycles. The lowest BCUT2D eigenvalue weighted by Crippen LogP contribution is -2.13. The lowest BCUT2D eigenvalue weighted by molar-refractivity contribution is -0.145. The number of hydrogen-bond donors (Lipinski definition) is 1. The number of alkyl halides is 3. The number of aromatic nitrogens is 2. The van der Waals surface area contributed by atoms with Crippen molar-refractivity contribution in [1.82, 2.24) is 9.97 Å². The van der Waals surface area contributed by atoms with Crippen LogP contribution in [0, 0.1) is 11.3 Å². The minimum absolute atomic E-state index is 0.0400. The van der Waals surface area contributed by atoms with Crippen LogP contribution in [-0.4, -0.2) is 17.0 Å². The SMILES string of the molecule is CNc1cc(Oc2ccccc2C#N)nc(C(F)(F)F)n1. The van der Waals surface area contributed by atoms with Crippen molar-refractivity contribution in [3.05, 3.63) is 41.7 Å². The summed E-state index contributed by atoms with van der Waals surface area (Å²) in [5, 5.41) is 11.4. The molecular weight excluding hydrogens is 285 g/mol. The highest BCUT2D eigenvalue weighted by atomic mass is 19.4. The van der Waals surface area contributed by atoms with E-state index in [4.69, 9.17) is 10.00 Å². The Balaban J connectivity index is 2.42. The summed E-state index contributed by atoms with van der Waals surface area (Å²) in [6, 6.07) is 9.26. The first-order chi connectivity index (χ1) is 9.94. The summed E-state index contributed by atoms with van der Waals surface area (Å²) in [5.41, 5.74) is 0.190. The minimum Gasteiger partial charge on any atom is -0.437 e. The molecule has 0 radical (unpaired) electrons. The van der Waals surface area contributed by atoms with E-state index in [1.165, 1.54) is 25.2 Å². The molecule has 0 aliphatic heterocycles. The van der Waals surface area contributed by atoms with Crippen molar-refractivity contribution < 1.29 is 17.9 Å². The van der Waals surface area contributed by atoms with Gasteiger partial charge in [-0.3, -0.25) is 0 Å². The molecule has 2 rings (SSSR count). The second-order valence-electron chi connectivity index (χ2n) is 3.87. The Kier molecular flexibility index (Phi) is 3.93. The van der Waals surface area contributed by atoms with Gasteiger partial charge in [-0.25, -0.2) is 4.98 Å². The fourth-order valence-electron chi connectivity index (χ4n) is 1.49. The maximum Gasteiger partial charge on any atom is 0.451 e. The second-order valence-corrected chi connectivity index (χ2v) is 3.87. The summed E-state index contributed by atoms with van der Waals surface area (Å²) >= 11 is 0. The Morgan fingerprint density at radius 1 is 1.24 bits per heavy atom. The van der Waals surface area contributed by atoms with Crippen LogP contribution in [0.2, 0.25) is 0 Å². The van der Waals surface area contributed by atoms with Crippen LogP contribution in [0.15, 0.2) is 30.3 Å². The number of benzene rings is 1. The number of anilines is 1. The molecule has 0 atom stereocenters. The van der Waals surface area contributed by atoms with Crippen molar-refractivity contribution in [2.24, 2.45) is 0 Å². The molecule has 1 heterocycles. The zero-order valence-electron chi connectivity index (χ0n) is 10.8. The van der Waals surface area contributed by atoms with Crippen molar-refractivity contribution in [2.75, 3.05) is 12.4 Å². The van der Waals surface area contributed by atoms with Crippen molar-refractivity contribution in [3.8, 4) is 17.7 Å². The molecule has 0 aliphatic rings. The Morgan fingerprint density at radius 3 is 2.57 bits per heavy atom. The summed E-state index contributed by atoms with van der Waals surface area (Å²) in [6.07, 6.45) is -4.69. The van der Waals surface area contributed by atoms with Gasteiger partial charge in [0.1, 0.15) is 17.6 Å². The van der Waals surface area contributed by atoms with Crippen LogP contribution in [0.1, 0.15) is 11.4 Å². The van der Waals surface area contributed by atoms with Gasteiger partial charge in [-0.15, -0.1) is 0 Å². The van der Waals surface area contributed by atoms with E-state index >= 15 is 0 Å². The van der Waals surface area contributed by atoms with Gasteiger partial charge in [0.05, 0.1) is 5.56 Å². The Morgan fingerprint density at radius 2 is 1.95 bits per heavy atom. The van der Waals surface area contributed by atoms with E-state index < -0.39 is 12.0 Å². The molecule has 21 heavy (non-hydrogen) atoms. The van der Waals surface area contributed by atoms with Crippen LogP contribution in [0.4, 0.5) is 19.0 Å². The van der Waals surface area contributed by atoms with Gasteiger partial charge < -0.3 is 10.1 Å². The molecule has 1 aromatic carbocycles. The fourth-order valence-corrected chi connectivity index (χ4v) is 1.49. The summed E-state index contributed by atoms with van der Waals surface area (Å²) in [4.78, 5) is 6.63.